The van der Waals surface area contributed by atoms with E-state index in [1.165, 1.54) is 6.92 Å². The summed E-state index contributed by atoms with van der Waals surface area (Å²) in [7, 11) is 0. The summed E-state index contributed by atoms with van der Waals surface area (Å²) in [5.41, 5.74) is -0.0983. The molecule has 0 aliphatic carbocycles. The third kappa shape index (κ3) is 2.20. The number of rotatable bonds is 2. The summed E-state index contributed by atoms with van der Waals surface area (Å²) >= 11 is 0. The van der Waals surface area contributed by atoms with Crippen LogP contribution >= 0.6 is 0 Å². The Morgan fingerprint density at radius 1 is 1.33 bits per heavy atom. The highest BCUT2D eigenvalue weighted by molar-refractivity contribution is 6.34. The molecule has 0 unspecified atom stereocenters. The van der Waals surface area contributed by atoms with E-state index in [4.69, 9.17) is 10.1 Å². The van der Waals surface area contributed by atoms with Gasteiger partial charge in [0.15, 0.2) is 0 Å². The third-order valence-electron chi connectivity index (χ3n) is 1.26. The minimum Gasteiger partial charge on any atom is -0.422 e. The fourth-order valence-electron chi connectivity index (χ4n) is 0.672. The third-order valence-corrected chi connectivity index (χ3v) is 1.26. The van der Waals surface area contributed by atoms with Crippen molar-refractivity contribution in [2.45, 2.75) is 6.92 Å². The molecule has 0 aliphatic rings. The molecule has 3 heteroatoms. The van der Waals surface area contributed by atoms with Crippen molar-refractivity contribution in [3.63, 3.8) is 0 Å². The number of ether oxygens (including phenoxy) is 1. The van der Waals surface area contributed by atoms with Gasteiger partial charge in [0, 0.05) is 0 Å². The van der Waals surface area contributed by atoms with Gasteiger partial charge in [0.2, 0.25) is 0 Å². The summed E-state index contributed by atoms with van der Waals surface area (Å²) in [4.78, 5) is 10.9. The number of para-hydroxylation sites is 1. The highest BCUT2D eigenvalue weighted by atomic mass is 16.5. The van der Waals surface area contributed by atoms with Gasteiger partial charge in [0.1, 0.15) is 11.5 Å². The van der Waals surface area contributed by atoms with Crippen molar-refractivity contribution in [2.24, 2.45) is 0 Å². The van der Waals surface area contributed by atoms with Crippen LogP contribution in [0, 0.1) is 5.41 Å². The van der Waals surface area contributed by atoms with Crippen molar-refractivity contribution in [3.8, 4) is 5.75 Å². The molecule has 0 atom stereocenters. The first-order valence-electron chi connectivity index (χ1n) is 3.52. The molecular weight excluding hydrogens is 154 g/mol. The normalized spacial score (nSPS) is 9.08. The highest BCUT2D eigenvalue weighted by Gasteiger charge is 2.05. The molecule has 3 nitrogen and oxygen atoms in total. The van der Waals surface area contributed by atoms with Crippen molar-refractivity contribution in [1.29, 1.82) is 5.41 Å². The van der Waals surface area contributed by atoms with Crippen LogP contribution in [0.25, 0.3) is 0 Å². The van der Waals surface area contributed by atoms with E-state index in [-0.39, 0.29) is 5.71 Å². The zero-order chi connectivity index (χ0) is 8.97. The van der Waals surface area contributed by atoms with Gasteiger partial charge in [-0.15, -0.1) is 0 Å². The molecule has 0 aliphatic heterocycles. The Bertz CT molecular complexity index is 293. The molecule has 0 spiro atoms. The molecule has 0 aromatic heterocycles. The average molecular weight is 163 g/mol. The quantitative estimate of drug-likeness (QED) is 0.409. The van der Waals surface area contributed by atoms with Crippen LogP contribution in [0.4, 0.5) is 0 Å². The van der Waals surface area contributed by atoms with Crippen molar-refractivity contribution >= 4 is 11.7 Å². The van der Waals surface area contributed by atoms with Crippen LogP contribution in [0.1, 0.15) is 6.92 Å². The van der Waals surface area contributed by atoms with E-state index in [9.17, 15) is 4.79 Å². The lowest BCUT2D eigenvalue weighted by atomic mass is 10.3. The maximum Gasteiger partial charge on any atom is 0.357 e. The van der Waals surface area contributed by atoms with Gasteiger partial charge in [-0.1, -0.05) is 18.2 Å². The van der Waals surface area contributed by atoms with E-state index in [1.807, 2.05) is 6.07 Å². The summed E-state index contributed by atoms with van der Waals surface area (Å²) < 4.78 is 4.81. The van der Waals surface area contributed by atoms with Crippen molar-refractivity contribution in [1.82, 2.24) is 0 Å². The number of hydrogen-bond donors (Lipinski definition) is 1. The standard InChI is InChI=1S/C9H9NO2/c1-7(10)9(11)12-8-5-3-2-4-6-8/h2-6,10H,1H3. The molecule has 0 bridgehead atoms. The van der Waals surface area contributed by atoms with Crippen molar-refractivity contribution in [2.75, 3.05) is 0 Å². The number of hydrogen-bond acceptors (Lipinski definition) is 3. The second-order valence-electron chi connectivity index (χ2n) is 2.33. The minimum absolute atomic E-state index is 0.0983. The van der Waals surface area contributed by atoms with E-state index in [1.54, 1.807) is 24.3 Å². The van der Waals surface area contributed by atoms with Crippen LogP contribution in [0.5, 0.6) is 5.75 Å². The van der Waals surface area contributed by atoms with Crippen LogP contribution < -0.4 is 4.74 Å². The predicted octanol–water partition coefficient (Wildman–Crippen LogP) is 1.63. The first-order valence-corrected chi connectivity index (χ1v) is 3.52. The minimum atomic E-state index is -0.610. The molecule has 0 radical (unpaired) electrons. The highest BCUT2D eigenvalue weighted by Crippen LogP contribution is 2.08. The molecular formula is C9H9NO2. The Hall–Kier alpha value is -1.64. The first-order chi connectivity index (χ1) is 5.70. The first kappa shape index (κ1) is 8.46. The van der Waals surface area contributed by atoms with E-state index < -0.39 is 5.97 Å². The fourth-order valence-corrected chi connectivity index (χ4v) is 0.672. The van der Waals surface area contributed by atoms with Crippen LogP contribution in [0.2, 0.25) is 0 Å². The van der Waals surface area contributed by atoms with Crippen LogP contribution in [0.3, 0.4) is 0 Å². The molecule has 1 aromatic rings. The topological polar surface area (TPSA) is 50.2 Å². The smallest absolute Gasteiger partial charge is 0.357 e. The van der Waals surface area contributed by atoms with E-state index in [0.29, 0.717) is 5.75 Å². The Morgan fingerprint density at radius 3 is 2.42 bits per heavy atom. The van der Waals surface area contributed by atoms with E-state index in [2.05, 4.69) is 0 Å². The second kappa shape index (κ2) is 3.67. The van der Waals surface area contributed by atoms with E-state index in [0.717, 1.165) is 0 Å². The van der Waals surface area contributed by atoms with Gasteiger partial charge in [-0.2, -0.15) is 0 Å². The number of carbonyl (C=O) groups excluding carboxylic acids is 1. The van der Waals surface area contributed by atoms with Gasteiger partial charge < -0.3 is 4.74 Å². The van der Waals surface area contributed by atoms with Gasteiger partial charge >= 0.3 is 5.97 Å². The van der Waals surface area contributed by atoms with Gasteiger partial charge in [-0.3, -0.25) is 5.41 Å². The monoisotopic (exact) mass is 163 g/mol. The lowest BCUT2D eigenvalue weighted by Gasteiger charge is -2.00. The Labute approximate surface area is 70.5 Å². The maximum atomic E-state index is 10.9. The Kier molecular flexibility index (Phi) is 2.58. The summed E-state index contributed by atoms with van der Waals surface area (Å²) in [6, 6.07) is 8.69. The molecule has 1 N–H and O–H groups in total. The zero-order valence-corrected chi connectivity index (χ0v) is 6.70. The molecule has 0 amide bonds. The maximum absolute atomic E-state index is 10.9. The molecule has 1 rings (SSSR count). The SMILES string of the molecule is CC(=N)C(=O)Oc1ccccc1. The van der Waals surface area contributed by atoms with Crippen LogP contribution in [0.15, 0.2) is 30.3 Å². The summed E-state index contributed by atoms with van der Waals surface area (Å²) in [6.07, 6.45) is 0. The average Bonchev–Trinajstić information content (AvgIpc) is 2.06. The molecule has 0 fully saturated rings. The van der Waals surface area contributed by atoms with Gasteiger partial charge in [0.25, 0.3) is 0 Å². The second-order valence-corrected chi connectivity index (χ2v) is 2.33. The summed E-state index contributed by atoms with van der Waals surface area (Å²) in [5, 5.41) is 6.98. The molecule has 0 saturated carbocycles. The van der Waals surface area contributed by atoms with Gasteiger partial charge in [0.05, 0.1) is 0 Å². The molecule has 62 valence electrons. The van der Waals surface area contributed by atoms with Crippen LogP contribution in [-0.2, 0) is 4.79 Å². The number of carbonyl (C=O) groups is 1. The number of benzene rings is 1. The van der Waals surface area contributed by atoms with Gasteiger partial charge in [-0.25, -0.2) is 4.79 Å². The predicted molar refractivity (Wildman–Crippen MR) is 45.5 cm³/mol. The Balaban J connectivity index is 2.65. The lowest BCUT2D eigenvalue weighted by Crippen LogP contribution is -2.15. The molecule has 0 heterocycles. The van der Waals surface area contributed by atoms with Crippen molar-refractivity contribution in [3.05, 3.63) is 30.3 Å². The van der Waals surface area contributed by atoms with Crippen molar-refractivity contribution < 1.29 is 9.53 Å². The van der Waals surface area contributed by atoms with E-state index >= 15 is 0 Å². The Morgan fingerprint density at radius 2 is 1.92 bits per heavy atom. The van der Waals surface area contributed by atoms with Crippen LogP contribution in [-0.4, -0.2) is 11.7 Å². The zero-order valence-electron chi connectivity index (χ0n) is 6.70. The summed E-state index contributed by atoms with van der Waals surface area (Å²) in [5.74, 6) is -0.143. The summed E-state index contributed by atoms with van der Waals surface area (Å²) in [6.45, 7) is 1.39. The lowest BCUT2D eigenvalue weighted by molar-refractivity contribution is -0.127. The molecule has 0 saturated heterocycles. The number of nitrogens with one attached hydrogen (secondary N) is 1. The molecule has 12 heavy (non-hydrogen) atoms. The largest absolute Gasteiger partial charge is 0.422 e. The number of esters is 1. The van der Waals surface area contributed by atoms with Gasteiger partial charge in [-0.05, 0) is 19.1 Å². The molecule has 1 aromatic carbocycles. The fraction of sp³-hybridized carbons (Fsp3) is 0.111.